The molecule has 2 aliphatic rings. The van der Waals surface area contributed by atoms with Gasteiger partial charge < -0.3 is 15.0 Å². The molecule has 2 fully saturated rings. The van der Waals surface area contributed by atoms with Gasteiger partial charge in [-0.1, -0.05) is 26.2 Å². The van der Waals surface area contributed by atoms with Gasteiger partial charge in [0.05, 0.1) is 0 Å². The third-order valence-corrected chi connectivity index (χ3v) is 4.72. The lowest BCUT2D eigenvalue weighted by atomic mass is 9.78. The molecule has 1 amide bonds. The molecule has 122 valence electrons. The van der Waals surface area contributed by atoms with Crippen molar-refractivity contribution in [3.05, 3.63) is 0 Å². The molecule has 0 aromatic heterocycles. The van der Waals surface area contributed by atoms with Crippen molar-refractivity contribution in [3.63, 3.8) is 0 Å². The van der Waals surface area contributed by atoms with E-state index in [0.29, 0.717) is 12.0 Å². The molecule has 0 aromatic rings. The van der Waals surface area contributed by atoms with E-state index in [-0.39, 0.29) is 6.09 Å². The Hall–Kier alpha value is -0.770. The highest BCUT2D eigenvalue weighted by atomic mass is 16.6. The number of hydrogen-bond acceptors (Lipinski definition) is 3. The molecule has 2 unspecified atom stereocenters. The van der Waals surface area contributed by atoms with Crippen LogP contribution in [0, 0.1) is 11.8 Å². The highest BCUT2D eigenvalue weighted by molar-refractivity contribution is 5.68. The molecule has 1 aliphatic heterocycles. The molecule has 0 spiro atoms. The number of amides is 1. The molecule has 2 rings (SSSR count). The van der Waals surface area contributed by atoms with Crippen LogP contribution in [0.3, 0.4) is 0 Å². The largest absolute Gasteiger partial charge is 0.444 e. The third kappa shape index (κ3) is 4.87. The SMILES string of the molecule is CCNC(CC1CCC1)C1CCN(C(=O)OC(C)(C)C)C1. The van der Waals surface area contributed by atoms with E-state index in [4.69, 9.17) is 4.74 Å². The van der Waals surface area contributed by atoms with Crippen LogP contribution in [-0.4, -0.2) is 42.3 Å². The molecule has 21 heavy (non-hydrogen) atoms. The van der Waals surface area contributed by atoms with Crippen LogP contribution >= 0.6 is 0 Å². The van der Waals surface area contributed by atoms with Crippen LogP contribution in [0.15, 0.2) is 0 Å². The molecule has 2 atom stereocenters. The molecule has 0 radical (unpaired) electrons. The van der Waals surface area contributed by atoms with Crippen molar-refractivity contribution in [3.8, 4) is 0 Å². The van der Waals surface area contributed by atoms with Crippen LogP contribution in [0.1, 0.15) is 59.8 Å². The Kier molecular flexibility index (Phi) is 5.53. The fraction of sp³-hybridized carbons (Fsp3) is 0.941. The van der Waals surface area contributed by atoms with Crippen LogP contribution in [-0.2, 0) is 4.74 Å². The Morgan fingerprint density at radius 3 is 2.57 bits per heavy atom. The second-order valence-corrected chi connectivity index (χ2v) is 7.67. The number of nitrogens with one attached hydrogen (secondary N) is 1. The first-order valence-corrected chi connectivity index (χ1v) is 8.60. The minimum absolute atomic E-state index is 0.149. The van der Waals surface area contributed by atoms with Gasteiger partial charge in [0.2, 0.25) is 0 Å². The molecule has 1 saturated carbocycles. The Labute approximate surface area is 129 Å². The van der Waals surface area contributed by atoms with E-state index < -0.39 is 5.60 Å². The zero-order chi connectivity index (χ0) is 15.5. The summed E-state index contributed by atoms with van der Waals surface area (Å²) in [5.41, 5.74) is -0.401. The first kappa shape index (κ1) is 16.6. The van der Waals surface area contributed by atoms with Crippen LogP contribution in [0.4, 0.5) is 4.79 Å². The van der Waals surface area contributed by atoms with Gasteiger partial charge in [-0.15, -0.1) is 0 Å². The van der Waals surface area contributed by atoms with Crippen molar-refractivity contribution in [1.82, 2.24) is 10.2 Å². The second-order valence-electron chi connectivity index (χ2n) is 7.67. The lowest BCUT2D eigenvalue weighted by Gasteiger charge is -2.33. The van der Waals surface area contributed by atoms with E-state index in [0.717, 1.165) is 32.0 Å². The number of carbonyl (C=O) groups is 1. The molecule has 1 N–H and O–H groups in total. The predicted molar refractivity (Wildman–Crippen MR) is 85.3 cm³/mol. The van der Waals surface area contributed by atoms with E-state index in [9.17, 15) is 4.79 Å². The number of hydrogen-bond donors (Lipinski definition) is 1. The average Bonchev–Trinajstić information content (AvgIpc) is 2.79. The van der Waals surface area contributed by atoms with Crippen LogP contribution in [0.25, 0.3) is 0 Å². The first-order chi connectivity index (χ1) is 9.89. The summed E-state index contributed by atoms with van der Waals surface area (Å²) in [4.78, 5) is 14.0. The summed E-state index contributed by atoms with van der Waals surface area (Å²) < 4.78 is 5.49. The maximum atomic E-state index is 12.2. The van der Waals surface area contributed by atoms with Gasteiger partial charge >= 0.3 is 6.09 Å². The highest BCUT2D eigenvalue weighted by Gasteiger charge is 2.35. The smallest absolute Gasteiger partial charge is 0.410 e. The van der Waals surface area contributed by atoms with Crippen molar-refractivity contribution in [1.29, 1.82) is 0 Å². The van der Waals surface area contributed by atoms with E-state index in [1.807, 2.05) is 25.7 Å². The lowest BCUT2D eigenvalue weighted by molar-refractivity contribution is 0.0284. The summed E-state index contributed by atoms with van der Waals surface area (Å²) >= 11 is 0. The van der Waals surface area contributed by atoms with Gasteiger partial charge in [0.1, 0.15) is 5.60 Å². The Balaban J connectivity index is 1.84. The maximum absolute atomic E-state index is 12.2. The monoisotopic (exact) mass is 296 g/mol. The summed E-state index contributed by atoms with van der Waals surface area (Å²) in [5.74, 6) is 1.49. The van der Waals surface area contributed by atoms with Crippen LogP contribution < -0.4 is 5.32 Å². The van der Waals surface area contributed by atoms with Crippen molar-refractivity contribution in [2.45, 2.75) is 71.4 Å². The molecule has 1 heterocycles. The second kappa shape index (κ2) is 6.99. The molecule has 1 saturated heterocycles. The zero-order valence-electron chi connectivity index (χ0n) is 14.2. The van der Waals surface area contributed by atoms with Gasteiger partial charge in [-0.2, -0.15) is 0 Å². The maximum Gasteiger partial charge on any atom is 0.410 e. The van der Waals surface area contributed by atoms with Crippen molar-refractivity contribution in [2.75, 3.05) is 19.6 Å². The average molecular weight is 296 g/mol. The quantitative estimate of drug-likeness (QED) is 0.845. The molecular formula is C17H32N2O2. The number of ether oxygens (including phenoxy) is 1. The van der Waals surface area contributed by atoms with Crippen molar-refractivity contribution in [2.24, 2.45) is 11.8 Å². The fourth-order valence-electron chi connectivity index (χ4n) is 3.40. The Morgan fingerprint density at radius 1 is 1.33 bits per heavy atom. The summed E-state index contributed by atoms with van der Waals surface area (Å²) in [6.07, 6.45) is 6.42. The summed E-state index contributed by atoms with van der Waals surface area (Å²) in [5, 5.41) is 3.65. The summed E-state index contributed by atoms with van der Waals surface area (Å²) in [6, 6.07) is 0.563. The van der Waals surface area contributed by atoms with Crippen molar-refractivity contribution >= 4 is 6.09 Å². The van der Waals surface area contributed by atoms with E-state index in [2.05, 4.69) is 12.2 Å². The standard InChI is InChI=1S/C17H32N2O2/c1-5-18-15(11-13-7-6-8-13)14-9-10-19(12-14)16(20)21-17(2,3)4/h13-15,18H,5-12H2,1-4H3. The highest BCUT2D eigenvalue weighted by Crippen LogP contribution is 2.34. The third-order valence-electron chi connectivity index (χ3n) is 4.72. The molecule has 0 bridgehead atoms. The molecule has 0 aromatic carbocycles. The Bertz CT molecular complexity index is 347. The minimum atomic E-state index is -0.401. The van der Waals surface area contributed by atoms with Gasteiger partial charge in [0, 0.05) is 19.1 Å². The van der Waals surface area contributed by atoms with Gasteiger partial charge in [0.15, 0.2) is 0 Å². The van der Waals surface area contributed by atoms with Crippen molar-refractivity contribution < 1.29 is 9.53 Å². The lowest BCUT2D eigenvalue weighted by Crippen LogP contribution is -2.41. The summed E-state index contributed by atoms with van der Waals surface area (Å²) in [6.45, 7) is 10.7. The number of nitrogens with zero attached hydrogens (tertiary/aromatic N) is 1. The number of carbonyl (C=O) groups excluding carboxylic acids is 1. The molecule has 4 nitrogen and oxygen atoms in total. The van der Waals surface area contributed by atoms with Gasteiger partial charge in [-0.05, 0) is 52.0 Å². The zero-order valence-corrected chi connectivity index (χ0v) is 14.2. The fourth-order valence-corrected chi connectivity index (χ4v) is 3.40. The molecular weight excluding hydrogens is 264 g/mol. The van der Waals surface area contributed by atoms with Gasteiger partial charge in [-0.3, -0.25) is 0 Å². The topological polar surface area (TPSA) is 41.6 Å². The predicted octanol–water partition coefficient (Wildman–Crippen LogP) is 3.41. The first-order valence-electron chi connectivity index (χ1n) is 8.60. The number of likely N-dealkylation sites (tertiary alicyclic amines) is 1. The molecule has 1 aliphatic carbocycles. The van der Waals surface area contributed by atoms with E-state index >= 15 is 0 Å². The molecule has 4 heteroatoms. The van der Waals surface area contributed by atoms with Gasteiger partial charge in [0.25, 0.3) is 0 Å². The Morgan fingerprint density at radius 2 is 2.05 bits per heavy atom. The number of rotatable bonds is 5. The van der Waals surface area contributed by atoms with Crippen LogP contribution in [0.5, 0.6) is 0 Å². The normalized spacial score (nSPS) is 24.8. The van der Waals surface area contributed by atoms with Gasteiger partial charge in [-0.25, -0.2) is 4.79 Å². The van der Waals surface area contributed by atoms with E-state index in [1.54, 1.807) is 0 Å². The summed E-state index contributed by atoms with van der Waals surface area (Å²) in [7, 11) is 0. The minimum Gasteiger partial charge on any atom is -0.444 e. The van der Waals surface area contributed by atoms with E-state index in [1.165, 1.54) is 25.7 Å². The van der Waals surface area contributed by atoms with Crippen LogP contribution in [0.2, 0.25) is 0 Å².